The monoisotopic (exact) mass is 465 g/mol. The van der Waals surface area contributed by atoms with E-state index in [1.165, 1.54) is 12.1 Å². The average Bonchev–Trinajstić information content (AvgIpc) is 2.81. The minimum atomic E-state index is -3.80. The van der Waals surface area contributed by atoms with E-state index in [0.717, 1.165) is 6.42 Å². The number of amides is 2. The first-order valence-corrected chi connectivity index (χ1v) is 12.1. The van der Waals surface area contributed by atoms with Crippen molar-refractivity contribution in [3.05, 3.63) is 89.5 Å². The van der Waals surface area contributed by atoms with Crippen LogP contribution in [0.3, 0.4) is 0 Å². The van der Waals surface area contributed by atoms with Crippen molar-refractivity contribution in [3.8, 4) is 0 Å². The lowest BCUT2D eigenvalue weighted by Gasteiger charge is -2.16. The Morgan fingerprint density at radius 2 is 1.42 bits per heavy atom. The zero-order valence-corrected chi connectivity index (χ0v) is 19.6. The van der Waals surface area contributed by atoms with Crippen molar-refractivity contribution < 1.29 is 18.0 Å². The van der Waals surface area contributed by atoms with Crippen LogP contribution in [0, 0.1) is 6.92 Å². The van der Waals surface area contributed by atoms with Gasteiger partial charge in [-0.1, -0.05) is 43.3 Å². The summed E-state index contributed by atoms with van der Waals surface area (Å²) in [6, 6.07) is 19.6. The first kappa shape index (κ1) is 24.0. The van der Waals surface area contributed by atoms with E-state index in [4.69, 9.17) is 0 Å². The van der Waals surface area contributed by atoms with Gasteiger partial charge in [0.15, 0.2) is 0 Å². The molecule has 1 atom stereocenters. The van der Waals surface area contributed by atoms with Crippen molar-refractivity contribution in [2.75, 3.05) is 10.0 Å². The number of rotatable bonds is 8. The number of nitrogens with one attached hydrogen (secondary N) is 3. The van der Waals surface area contributed by atoms with E-state index in [1.807, 2.05) is 13.8 Å². The number of carbonyl (C=O) groups is 2. The molecule has 0 aliphatic heterocycles. The van der Waals surface area contributed by atoms with Gasteiger partial charge in [-0.2, -0.15) is 0 Å². The zero-order chi connectivity index (χ0) is 24.0. The topological polar surface area (TPSA) is 104 Å². The van der Waals surface area contributed by atoms with Gasteiger partial charge in [-0.3, -0.25) is 14.3 Å². The second kappa shape index (κ2) is 10.3. The van der Waals surface area contributed by atoms with Gasteiger partial charge in [0.05, 0.1) is 21.8 Å². The Labute approximate surface area is 194 Å². The van der Waals surface area contributed by atoms with Gasteiger partial charge in [0.2, 0.25) is 0 Å². The highest BCUT2D eigenvalue weighted by Gasteiger charge is 2.19. The summed E-state index contributed by atoms with van der Waals surface area (Å²) >= 11 is 0. The van der Waals surface area contributed by atoms with Crippen LogP contribution in [-0.2, 0) is 10.0 Å². The number of carbonyl (C=O) groups excluding carboxylic acids is 2. The van der Waals surface area contributed by atoms with E-state index in [1.54, 1.807) is 67.6 Å². The molecule has 0 saturated heterocycles. The molecule has 0 heterocycles. The van der Waals surface area contributed by atoms with Crippen LogP contribution in [0.5, 0.6) is 0 Å². The maximum atomic E-state index is 13.1. The fourth-order valence-electron chi connectivity index (χ4n) is 3.18. The molecule has 0 aromatic heterocycles. The standard InChI is InChI=1S/C25H27N3O4S/c1-4-17(2)26-25(30)21-13-8-9-15-23(21)27-24(29)20-14-10-16-22(18(20)3)28-33(31,32)19-11-6-5-7-12-19/h5-17,28H,4H2,1-3H3,(H,26,30)(H,27,29)/t17-/m1/s1. The first-order valence-electron chi connectivity index (χ1n) is 10.6. The van der Waals surface area contributed by atoms with E-state index in [2.05, 4.69) is 15.4 Å². The van der Waals surface area contributed by atoms with Gasteiger partial charge in [0.1, 0.15) is 0 Å². The normalized spacial score (nSPS) is 12.0. The molecule has 0 saturated carbocycles. The number of hydrogen-bond donors (Lipinski definition) is 3. The number of para-hydroxylation sites is 1. The summed E-state index contributed by atoms with van der Waals surface area (Å²) in [5.41, 5.74) is 1.79. The number of sulfonamides is 1. The fourth-order valence-corrected chi connectivity index (χ4v) is 4.32. The highest BCUT2D eigenvalue weighted by atomic mass is 32.2. The first-order chi connectivity index (χ1) is 15.7. The lowest BCUT2D eigenvalue weighted by molar-refractivity contribution is 0.0940. The third-order valence-corrected chi connectivity index (χ3v) is 6.67. The van der Waals surface area contributed by atoms with Gasteiger partial charge >= 0.3 is 0 Å². The molecule has 3 rings (SSSR count). The molecule has 8 heteroatoms. The molecular formula is C25H27N3O4S. The molecule has 0 unspecified atom stereocenters. The van der Waals surface area contributed by atoms with Crippen molar-refractivity contribution in [1.82, 2.24) is 5.32 Å². The molecule has 7 nitrogen and oxygen atoms in total. The van der Waals surface area contributed by atoms with Crippen LogP contribution in [-0.4, -0.2) is 26.3 Å². The van der Waals surface area contributed by atoms with Gasteiger partial charge in [-0.25, -0.2) is 8.42 Å². The summed E-state index contributed by atoms with van der Waals surface area (Å²) < 4.78 is 28.0. The van der Waals surface area contributed by atoms with Crippen molar-refractivity contribution in [3.63, 3.8) is 0 Å². The second-order valence-electron chi connectivity index (χ2n) is 7.68. The molecule has 0 fully saturated rings. The lowest BCUT2D eigenvalue weighted by atomic mass is 10.1. The van der Waals surface area contributed by atoms with Gasteiger partial charge in [0, 0.05) is 11.6 Å². The van der Waals surface area contributed by atoms with Gasteiger partial charge in [-0.15, -0.1) is 0 Å². The van der Waals surface area contributed by atoms with E-state index < -0.39 is 15.9 Å². The molecule has 2 amide bonds. The summed E-state index contributed by atoms with van der Waals surface area (Å²) in [7, 11) is -3.80. The number of benzene rings is 3. The minimum Gasteiger partial charge on any atom is -0.350 e. The molecule has 3 N–H and O–H groups in total. The van der Waals surface area contributed by atoms with Gasteiger partial charge in [0.25, 0.3) is 21.8 Å². The summed E-state index contributed by atoms with van der Waals surface area (Å²) in [5.74, 6) is -0.724. The van der Waals surface area contributed by atoms with Crippen LogP contribution in [0.2, 0.25) is 0 Å². The van der Waals surface area contributed by atoms with E-state index >= 15 is 0 Å². The minimum absolute atomic E-state index is 0.00202. The van der Waals surface area contributed by atoms with Gasteiger partial charge in [-0.05, 0) is 62.2 Å². The predicted molar refractivity (Wildman–Crippen MR) is 130 cm³/mol. The Kier molecular flexibility index (Phi) is 7.50. The Hall–Kier alpha value is -3.65. The van der Waals surface area contributed by atoms with Crippen LogP contribution in [0.4, 0.5) is 11.4 Å². The molecule has 0 spiro atoms. The molecule has 3 aromatic rings. The van der Waals surface area contributed by atoms with E-state index in [9.17, 15) is 18.0 Å². The lowest BCUT2D eigenvalue weighted by Crippen LogP contribution is -2.32. The summed E-state index contributed by atoms with van der Waals surface area (Å²) in [5, 5.41) is 5.68. The highest BCUT2D eigenvalue weighted by Crippen LogP contribution is 2.24. The number of hydrogen-bond acceptors (Lipinski definition) is 4. The van der Waals surface area contributed by atoms with Crippen LogP contribution in [0.15, 0.2) is 77.7 Å². The smallest absolute Gasteiger partial charge is 0.261 e. The Bertz CT molecular complexity index is 1260. The molecule has 3 aromatic carbocycles. The summed E-state index contributed by atoms with van der Waals surface area (Å²) in [6.07, 6.45) is 0.783. The van der Waals surface area contributed by atoms with Crippen molar-refractivity contribution in [1.29, 1.82) is 0 Å². The summed E-state index contributed by atoms with van der Waals surface area (Å²) in [6.45, 7) is 5.55. The third kappa shape index (κ3) is 5.78. The van der Waals surface area contributed by atoms with Crippen LogP contribution >= 0.6 is 0 Å². The third-order valence-electron chi connectivity index (χ3n) is 5.29. The van der Waals surface area contributed by atoms with Crippen molar-refractivity contribution in [2.45, 2.75) is 38.1 Å². The quantitative estimate of drug-likeness (QED) is 0.453. The largest absolute Gasteiger partial charge is 0.350 e. The fraction of sp³-hybridized carbons (Fsp3) is 0.200. The highest BCUT2D eigenvalue weighted by molar-refractivity contribution is 7.92. The maximum Gasteiger partial charge on any atom is 0.261 e. The molecule has 33 heavy (non-hydrogen) atoms. The van der Waals surface area contributed by atoms with Crippen LogP contribution in [0.1, 0.15) is 46.5 Å². The predicted octanol–water partition coefficient (Wildman–Crippen LogP) is 4.58. The SMILES string of the molecule is CC[C@@H](C)NC(=O)c1ccccc1NC(=O)c1cccc(NS(=O)(=O)c2ccccc2)c1C. The molecule has 0 radical (unpaired) electrons. The summed E-state index contributed by atoms with van der Waals surface area (Å²) in [4.78, 5) is 25.8. The Morgan fingerprint density at radius 3 is 2.12 bits per heavy atom. The van der Waals surface area contributed by atoms with Crippen LogP contribution in [0.25, 0.3) is 0 Å². The Morgan fingerprint density at radius 1 is 0.818 bits per heavy atom. The Balaban J connectivity index is 1.85. The van der Waals surface area contributed by atoms with Gasteiger partial charge < -0.3 is 10.6 Å². The zero-order valence-electron chi connectivity index (χ0n) is 18.8. The molecular weight excluding hydrogens is 438 g/mol. The van der Waals surface area contributed by atoms with Crippen molar-refractivity contribution in [2.24, 2.45) is 0 Å². The number of anilines is 2. The van der Waals surface area contributed by atoms with E-state index in [-0.39, 0.29) is 16.8 Å². The van der Waals surface area contributed by atoms with Crippen molar-refractivity contribution >= 4 is 33.2 Å². The maximum absolute atomic E-state index is 13.1. The molecule has 0 aliphatic carbocycles. The molecule has 0 bridgehead atoms. The molecule has 0 aliphatic rings. The molecule has 172 valence electrons. The second-order valence-corrected chi connectivity index (χ2v) is 9.36. The van der Waals surface area contributed by atoms with E-state index in [0.29, 0.717) is 28.1 Å². The average molecular weight is 466 g/mol. The van der Waals surface area contributed by atoms with Crippen LogP contribution < -0.4 is 15.4 Å².